The molecular weight excluding hydrogens is 324 g/mol. The zero-order valence-corrected chi connectivity index (χ0v) is 17.1. The first-order valence-electron chi connectivity index (χ1n) is 8.97. The van der Waals surface area contributed by atoms with Crippen LogP contribution in [-0.4, -0.2) is 19.8 Å². The van der Waals surface area contributed by atoms with E-state index in [1.807, 2.05) is 0 Å². The van der Waals surface area contributed by atoms with Crippen molar-refractivity contribution < 1.29 is 27.7 Å². The van der Waals surface area contributed by atoms with Gasteiger partial charge in [-0.15, -0.1) is 0 Å². The number of rotatable bonds is 12. The van der Waals surface area contributed by atoms with Crippen LogP contribution in [0.4, 0.5) is 0 Å². The number of hydrogen-bond donors (Lipinski definition) is 0. The number of hydrogen-bond acceptors (Lipinski definition) is 3. The van der Waals surface area contributed by atoms with Crippen molar-refractivity contribution in [3.63, 3.8) is 0 Å². The van der Waals surface area contributed by atoms with Gasteiger partial charge in [0.15, 0.2) is 0 Å². The van der Waals surface area contributed by atoms with E-state index < -0.39 is 17.8 Å². The molecule has 1 rings (SSSR count). The first-order chi connectivity index (χ1) is 11.0. The average molecular weight is 358 g/mol. The Morgan fingerprint density at radius 2 is 1.22 bits per heavy atom. The molecule has 0 radical (unpaired) electrons. The van der Waals surface area contributed by atoms with E-state index in [1.54, 1.807) is 0 Å². The van der Waals surface area contributed by atoms with Gasteiger partial charge in [0, 0.05) is 0 Å². The second-order valence-corrected chi connectivity index (χ2v) is 10.7. The van der Waals surface area contributed by atoms with Crippen LogP contribution >= 0.6 is 0 Å². The Morgan fingerprint density at radius 1 is 0.783 bits per heavy atom. The fraction of sp³-hybridized carbons (Fsp3) is 0.684. The van der Waals surface area contributed by atoms with Crippen LogP contribution < -0.4 is 0 Å². The minimum atomic E-state index is -3.28. The van der Waals surface area contributed by atoms with Gasteiger partial charge in [-0.2, -0.15) is 0 Å². The van der Waals surface area contributed by atoms with Crippen LogP contribution in [0, 0.1) is 0 Å². The van der Waals surface area contributed by atoms with Gasteiger partial charge < -0.3 is 0 Å². The number of benzene rings is 1. The van der Waals surface area contributed by atoms with Crippen molar-refractivity contribution in [2.24, 2.45) is 0 Å². The van der Waals surface area contributed by atoms with Crippen molar-refractivity contribution >= 4 is 0 Å². The van der Waals surface area contributed by atoms with Gasteiger partial charge in [0.2, 0.25) is 0 Å². The van der Waals surface area contributed by atoms with Gasteiger partial charge in [0.25, 0.3) is 0 Å². The van der Waals surface area contributed by atoms with Crippen LogP contribution in [0.3, 0.4) is 0 Å². The molecule has 0 N–H and O–H groups in total. The molecule has 23 heavy (non-hydrogen) atoms. The summed E-state index contributed by atoms with van der Waals surface area (Å²) >= 11 is -3.28. The van der Waals surface area contributed by atoms with E-state index in [0.29, 0.717) is 0 Å². The van der Waals surface area contributed by atoms with E-state index in [-0.39, 0.29) is 5.41 Å². The van der Waals surface area contributed by atoms with Gasteiger partial charge in [-0.05, 0) is 0 Å². The fourth-order valence-electron chi connectivity index (χ4n) is 2.58. The minimum absolute atomic E-state index is 0.0174. The molecule has 0 aromatic heterocycles. The molecule has 132 valence electrons. The Balaban J connectivity index is 2.99. The molecule has 0 aliphatic heterocycles. The first kappa shape index (κ1) is 20.9. The molecule has 0 saturated carbocycles. The van der Waals surface area contributed by atoms with Crippen molar-refractivity contribution in [3.05, 3.63) is 35.9 Å². The van der Waals surface area contributed by atoms with Gasteiger partial charge in [-0.25, -0.2) is 0 Å². The van der Waals surface area contributed by atoms with Gasteiger partial charge in [-0.3, -0.25) is 0 Å². The van der Waals surface area contributed by atoms with Crippen LogP contribution in [0.2, 0.25) is 4.73 Å². The molecule has 0 amide bonds. The summed E-state index contributed by atoms with van der Waals surface area (Å²) in [6, 6.07) is 10.6. The monoisotopic (exact) mass is 358 g/mol. The van der Waals surface area contributed by atoms with Gasteiger partial charge in [0.05, 0.1) is 0 Å². The standard InChI is InChI=1S/C10H13.3C3H7O.Ti/c1-10(2,3)9-7-5-4-6-8-9;3*1-2-3-4;/h4-8H,1H2,2-3H3;3*2-3H2,1H3;/q;3*-1;+3. The summed E-state index contributed by atoms with van der Waals surface area (Å²) in [4.78, 5) is 0. The molecule has 3 nitrogen and oxygen atoms in total. The molecule has 0 unspecified atom stereocenters. The molecule has 0 bridgehead atoms. The molecule has 4 heteroatoms. The third-order valence-electron chi connectivity index (χ3n) is 3.79. The molecule has 0 atom stereocenters. The van der Waals surface area contributed by atoms with E-state index in [0.717, 1.165) is 43.8 Å². The summed E-state index contributed by atoms with van der Waals surface area (Å²) < 4.78 is 19.7. The summed E-state index contributed by atoms with van der Waals surface area (Å²) in [5.41, 5.74) is 1.30. The van der Waals surface area contributed by atoms with Gasteiger partial charge >= 0.3 is 147 Å². The zero-order chi connectivity index (χ0) is 17.2. The normalized spacial score (nSPS) is 12.6. The molecule has 0 fully saturated rings. The van der Waals surface area contributed by atoms with Crippen LogP contribution in [0.1, 0.15) is 59.4 Å². The summed E-state index contributed by atoms with van der Waals surface area (Å²) in [7, 11) is 0. The van der Waals surface area contributed by atoms with E-state index in [4.69, 9.17) is 9.96 Å². The molecule has 0 spiro atoms. The van der Waals surface area contributed by atoms with E-state index >= 15 is 0 Å². The molecule has 1 aromatic rings. The average Bonchev–Trinajstić information content (AvgIpc) is 2.56. The summed E-state index contributed by atoms with van der Waals surface area (Å²) in [5, 5.41) is 0. The first-order valence-corrected chi connectivity index (χ1v) is 12.0. The van der Waals surface area contributed by atoms with Crippen LogP contribution in [0.5, 0.6) is 0 Å². The van der Waals surface area contributed by atoms with Gasteiger partial charge in [0.1, 0.15) is 0 Å². The molecule has 0 aliphatic carbocycles. The van der Waals surface area contributed by atoms with Crippen molar-refractivity contribution in [1.29, 1.82) is 0 Å². The maximum absolute atomic E-state index is 6.28. The Labute approximate surface area is 147 Å². The van der Waals surface area contributed by atoms with Gasteiger partial charge in [-0.1, -0.05) is 0 Å². The third-order valence-corrected chi connectivity index (χ3v) is 8.87. The predicted octanol–water partition coefficient (Wildman–Crippen LogP) is 5.56. The summed E-state index contributed by atoms with van der Waals surface area (Å²) in [6.07, 6.45) is 2.97. The maximum atomic E-state index is 6.28. The van der Waals surface area contributed by atoms with Crippen LogP contribution in [0.25, 0.3) is 0 Å². The Morgan fingerprint density at radius 3 is 1.61 bits per heavy atom. The second kappa shape index (κ2) is 10.6. The van der Waals surface area contributed by atoms with E-state index in [1.165, 1.54) is 5.56 Å². The fourth-order valence-corrected chi connectivity index (χ4v) is 7.87. The molecule has 0 heterocycles. The molecular formula is C19H34O3Ti. The second-order valence-electron chi connectivity index (χ2n) is 6.66. The Hall–Kier alpha value is -0.186. The van der Waals surface area contributed by atoms with Crippen LogP contribution in [-0.2, 0) is 33.1 Å². The summed E-state index contributed by atoms with van der Waals surface area (Å²) in [5.74, 6) is 0. The zero-order valence-electron chi connectivity index (χ0n) is 15.6. The molecule has 1 aromatic carbocycles. The van der Waals surface area contributed by atoms with Crippen molar-refractivity contribution in [1.82, 2.24) is 0 Å². The predicted molar refractivity (Wildman–Crippen MR) is 93.0 cm³/mol. The van der Waals surface area contributed by atoms with Crippen molar-refractivity contribution in [3.8, 4) is 0 Å². The topological polar surface area (TPSA) is 27.7 Å². The van der Waals surface area contributed by atoms with E-state index in [9.17, 15) is 0 Å². The Bertz CT molecular complexity index is 398. The Kier molecular flexibility index (Phi) is 9.64. The van der Waals surface area contributed by atoms with Crippen molar-refractivity contribution in [2.45, 2.75) is 64.0 Å². The van der Waals surface area contributed by atoms with Crippen molar-refractivity contribution in [2.75, 3.05) is 19.8 Å². The third kappa shape index (κ3) is 7.07. The quantitative estimate of drug-likeness (QED) is 0.458. The molecule has 0 aliphatic rings. The SMILES string of the molecule is CCC[O][Ti]([CH2]C(C)(C)c1ccccc1)([O]CCC)[O]CCC. The molecule has 0 saturated heterocycles. The van der Waals surface area contributed by atoms with E-state index in [2.05, 4.69) is 65.0 Å². The van der Waals surface area contributed by atoms with Crippen LogP contribution in [0.15, 0.2) is 30.3 Å². The summed E-state index contributed by atoms with van der Waals surface area (Å²) in [6.45, 7) is 13.1.